The standard InChI is InChI=1S/C10H13NO/c1-8(12)10(11)7-9-5-3-2-4-6-9/h2-6,10H,7,11H2,1H3. The van der Waals surface area contributed by atoms with Gasteiger partial charge in [-0.1, -0.05) is 30.3 Å². The zero-order chi connectivity index (χ0) is 8.97. The van der Waals surface area contributed by atoms with Crippen LogP contribution < -0.4 is 5.73 Å². The van der Waals surface area contributed by atoms with Gasteiger partial charge < -0.3 is 5.73 Å². The molecule has 12 heavy (non-hydrogen) atoms. The Kier molecular flexibility index (Phi) is 3.00. The lowest BCUT2D eigenvalue weighted by Gasteiger charge is -2.06. The van der Waals surface area contributed by atoms with Crippen molar-refractivity contribution in [2.75, 3.05) is 0 Å². The Hall–Kier alpha value is -1.15. The van der Waals surface area contributed by atoms with Crippen molar-refractivity contribution in [3.63, 3.8) is 0 Å². The molecule has 0 bridgehead atoms. The summed E-state index contributed by atoms with van der Waals surface area (Å²) in [6, 6.07) is 9.44. The minimum absolute atomic E-state index is 0.0406. The maximum absolute atomic E-state index is 10.8. The molecule has 1 unspecified atom stereocenters. The molecule has 0 fully saturated rings. The number of ketones is 1. The van der Waals surface area contributed by atoms with Crippen molar-refractivity contribution in [3.8, 4) is 0 Å². The van der Waals surface area contributed by atoms with E-state index in [0.717, 1.165) is 5.56 Å². The summed E-state index contributed by atoms with van der Waals surface area (Å²) in [4.78, 5) is 10.8. The largest absolute Gasteiger partial charge is 0.321 e. The molecule has 0 heterocycles. The summed E-state index contributed by atoms with van der Waals surface area (Å²) >= 11 is 0. The first kappa shape index (κ1) is 8.94. The van der Waals surface area contributed by atoms with Crippen LogP contribution in [0.15, 0.2) is 30.3 Å². The minimum atomic E-state index is -0.354. The minimum Gasteiger partial charge on any atom is -0.321 e. The van der Waals surface area contributed by atoms with E-state index in [-0.39, 0.29) is 11.8 Å². The molecule has 2 nitrogen and oxygen atoms in total. The highest BCUT2D eigenvalue weighted by molar-refractivity contribution is 5.81. The van der Waals surface area contributed by atoms with Gasteiger partial charge in [-0.3, -0.25) is 4.79 Å². The average Bonchev–Trinajstić information content (AvgIpc) is 2.06. The Morgan fingerprint density at radius 2 is 2.00 bits per heavy atom. The Morgan fingerprint density at radius 3 is 2.50 bits per heavy atom. The number of rotatable bonds is 3. The molecule has 0 saturated heterocycles. The molecule has 0 saturated carbocycles. The molecule has 1 atom stereocenters. The molecule has 2 N–H and O–H groups in total. The highest BCUT2D eigenvalue weighted by atomic mass is 16.1. The van der Waals surface area contributed by atoms with Gasteiger partial charge in [0, 0.05) is 0 Å². The molecule has 1 aromatic rings. The van der Waals surface area contributed by atoms with Gasteiger partial charge in [0.1, 0.15) is 5.78 Å². The highest BCUT2D eigenvalue weighted by Gasteiger charge is 2.07. The number of nitrogens with two attached hydrogens (primary N) is 1. The van der Waals surface area contributed by atoms with Crippen LogP contribution in [0, 0.1) is 0 Å². The first-order valence-corrected chi connectivity index (χ1v) is 4.00. The fourth-order valence-electron chi connectivity index (χ4n) is 1.01. The van der Waals surface area contributed by atoms with Crippen LogP contribution in [0.2, 0.25) is 0 Å². The third-order valence-corrected chi connectivity index (χ3v) is 1.82. The quantitative estimate of drug-likeness (QED) is 0.726. The van der Waals surface area contributed by atoms with Gasteiger partial charge in [0.2, 0.25) is 0 Å². The van der Waals surface area contributed by atoms with Crippen molar-refractivity contribution >= 4 is 5.78 Å². The molecule has 0 aromatic heterocycles. The summed E-state index contributed by atoms with van der Waals surface area (Å²) in [5.74, 6) is 0.0406. The van der Waals surface area contributed by atoms with E-state index in [2.05, 4.69) is 0 Å². The second kappa shape index (κ2) is 4.02. The van der Waals surface area contributed by atoms with Gasteiger partial charge in [0.25, 0.3) is 0 Å². The van der Waals surface area contributed by atoms with Crippen molar-refractivity contribution in [1.82, 2.24) is 0 Å². The van der Waals surface area contributed by atoms with Crippen LogP contribution in [0.1, 0.15) is 12.5 Å². The Labute approximate surface area is 72.4 Å². The van der Waals surface area contributed by atoms with Gasteiger partial charge in [-0.2, -0.15) is 0 Å². The van der Waals surface area contributed by atoms with Crippen LogP contribution in [0.5, 0.6) is 0 Å². The molecule has 64 valence electrons. The molecular formula is C10H13NO. The first-order chi connectivity index (χ1) is 5.70. The number of hydrogen-bond donors (Lipinski definition) is 1. The summed E-state index contributed by atoms with van der Waals surface area (Å²) in [6.45, 7) is 1.52. The third-order valence-electron chi connectivity index (χ3n) is 1.82. The van der Waals surface area contributed by atoms with E-state index in [1.54, 1.807) is 0 Å². The molecule has 1 rings (SSSR count). The molecule has 1 aromatic carbocycles. The third kappa shape index (κ3) is 2.47. The fraction of sp³-hybridized carbons (Fsp3) is 0.300. The predicted molar refractivity (Wildman–Crippen MR) is 48.8 cm³/mol. The Morgan fingerprint density at radius 1 is 1.42 bits per heavy atom. The predicted octanol–water partition coefficient (Wildman–Crippen LogP) is 1.15. The van der Waals surface area contributed by atoms with Gasteiger partial charge >= 0.3 is 0 Å². The molecule has 0 aliphatic carbocycles. The number of carbonyl (C=O) groups is 1. The average molecular weight is 163 g/mol. The van der Waals surface area contributed by atoms with Crippen molar-refractivity contribution in [1.29, 1.82) is 0 Å². The van der Waals surface area contributed by atoms with Gasteiger partial charge in [0.15, 0.2) is 0 Å². The maximum Gasteiger partial charge on any atom is 0.146 e. The van der Waals surface area contributed by atoms with Crippen LogP contribution in [0.25, 0.3) is 0 Å². The zero-order valence-corrected chi connectivity index (χ0v) is 7.16. The summed E-state index contributed by atoms with van der Waals surface area (Å²) in [5.41, 5.74) is 6.71. The van der Waals surface area contributed by atoms with E-state index in [9.17, 15) is 4.79 Å². The van der Waals surface area contributed by atoms with Crippen LogP contribution in [0.4, 0.5) is 0 Å². The molecule has 0 amide bonds. The van der Waals surface area contributed by atoms with Crippen LogP contribution in [-0.4, -0.2) is 11.8 Å². The monoisotopic (exact) mass is 163 g/mol. The first-order valence-electron chi connectivity index (χ1n) is 4.00. The summed E-state index contributed by atoms with van der Waals surface area (Å²) in [6.07, 6.45) is 0.635. The van der Waals surface area contributed by atoms with E-state index in [0.29, 0.717) is 6.42 Å². The Balaban J connectivity index is 2.58. The second-order valence-electron chi connectivity index (χ2n) is 2.91. The van der Waals surface area contributed by atoms with Crippen molar-refractivity contribution in [2.24, 2.45) is 5.73 Å². The lowest BCUT2D eigenvalue weighted by atomic mass is 10.0. The summed E-state index contributed by atoms with van der Waals surface area (Å²) in [5, 5.41) is 0. The molecule has 0 aliphatic rings. The van der Waals surface area contributed by atoms with Crippen molar-refractivity contribution in [2.45, 2.75) is 19.4 Å². The normalized spacial score (nSPS) is 12.5. The lowest BCUT2D eigenvalue weighted by Crippen LogP contribution is -2.30. The van der Waals surface area contributed by atoms with Crippen LogP contribution in [0.3, 0.4) is 0 Å². The van der Waals surface area contributed by atoms with E-state index in [4.69, 9.17) is 5.73 Å². The summed E-state index contributed by atoms with van der Waals surface area (Å²) in [7, 11) is 0. The molecule has 0 aliphatic heterocycles. The number of benzene rings is 1. The van der Waals surface area contributed by atoms with Crippen LogP contribution in [-0.2, 0) is 11.2 Å². The van der Waals surface area contributed by atoms with Gasteiger partial charge in [0.05, 0.1) is 6.04 Å². The summed E-state index contributed by atoms with van der Waals surface area (Å²) < 4.78 is 0. The number of Topliss-reactive ketones (excluding diaryl/α,β-unsaturated/α-hetero) is 1. The number of carbonyl (C=O) groups excluding carboxylic acids is 1. The topological polar surface area (TPSA) is 43.1 Å². The van der Waals surface area contributed by atoms with Crippen molar-refractivity contribution < 1.29 is 4.79 Å². The highest BCUT2D eigenvalue weighted by Crippen LogP contribution is 2.01. The Bertz CT molecular complexity index is 256. The zero-order valence-electron chi connectivity index (χ0n) is 7.16. The lowest BCUT2D eigenvalue weighted by molar-refractivity contribution is -0.118. The molecule has 0 spiro atoms. The second-order valence-corrected chi connectivity index (χ2v) is 2.91. The maximum atomic E-state index is 10.8. The smallest absolute Gasteiger partial charge is 0.146 e. The van der Waals surface area contributed by atoms with Crippen LogP contribution >= 0.6 is 0 Å². The van der Waals surface area contributed by atoms with Crippen molar-refractivity contribution in [3.05, 3.63) is 35.9 Å². The van der Waals surface area contributed by atoms with E-state index >= 15 is 0 Å². The van der Waals surface area contributed by atoms with E-state index in [1.165, 1.54) is 6.92 Å². The van der Waals surface area contributed by atoms with E-state index < -0.39 is 0 Å². The van der Waals surface area contributed by atoms with E-state index in [1.807, 2.05) is 30.3 Å². The SMILES string of the molecule is CC(=O)C(N)Cc1ccccc1. The fourth-order valence-corrected chi connectivity index (χ4v) is 1.01. The van der Waals surface area contributed by atoms with Gasteiger partial charge in [-0.25, -0.2) is 0 Å². The molecular weight excluding hydrogens is 150 g/mol. The molecule has 0 radical (unpaired) electrons. The number of hydrogen-bond acceptors (Lipinski definition) is 2. The molecule has 2 heteroatoms. The van der Waals surface area contributed by atoms with Gasteiger partial charge in [-0.05, 0) is 18.9 Å². The van der Waals surface area contributed by atoms with Gasteiger partial charge in [-0.15, -0.1) is 0 Å².